The van der Waals surface area contributed by atoms with E-state index in [0.717, 1.165) is 0 Å². The Bertz CT molecular complexity index is 973. The summed E-state index contributed by atoms with van der Waals surface area (Å²) in [6, 6.07) is 0.0416. The normalized spacial score (nSPS) is 13.9. The molecule has 0 aliphatic carbocycles. The van der Waals surface area contributed by atoms with Gasteiger partial charge in [-0.1, -0.05) is 12.1 Å². The average Bonchev–Trinajstić information content (AvgIpc) is 2.80. The van der Waals surface area contributed by atoms with E-state index in [1.165, 1.54) is 24.3 Å². The molecule has 0 saturated heterocycles. The highest BCUT2D eigenvalue weighted by Crippen LogP contribution is 2.12. The van der Waals surface area contributed by atoms with Gasteiger partial charge in [-0.25, -0.2) is 4.79 Å². The number of aliphatic carboxylic acids is 2. The fourth-order valence-electron chi connectivity index (χ4n) is 2.91. The van der Waals surface area contributed by atoms with Crippen LogP contribution in [0, 0.1) is 0 Å². The number of hydrogen-bond donors (Lipinski definition) is 9. The molecule has 1 aromatic carbocycles. The van der Waals surface area contributed by atoms with Crippen LogP contribution in [-0.4, -0.2) is 80.8 Å². The third-order valence-corrected chi connectivity index (χ3v) is 5.22. The van der Waals surface area contributed by atoms with E-state index in [1.807, 2.05) is 0 Å². The molecule has 0 heterocycles. The van der Waals surface area contributed by atoms with Gasteiger partial charge >= 0.3 is 11.9 Å². The number of benzene rings is 1. The fraction of sp³-hybridized carbons (Fsp3) is 0.429. The average molecular weight is 528 g/mol. The largest absolute Gasteiger partial charge is 0.508 e. The summed E-state index contributed by atoms with van der Waals surface area (Å²) >= 11 is 3.88. The lowest BCUT2D eigenvalue weighted by Gasteiger charge is -2.24. The molecule has 0 unspecified atom stereocenters. The van der Waals surface area contributed by atoms with E-state index in [1.54, 1.807) is 0 Å². The van der Waals surface area contributed by atoms with Crippen molar-refractivity contribution in [2.45, 2.75) is 49.9 Å². The molecule has 0 radical (unpaired) electrons. The van der Waals surface area contributed by atoms with Crippen LogP contribution in [0.1, 0.15) is 24.8 Å². The number of phenolic OH excluding ortho intramolecular Hbond substituents is 1. The monoisotopic (exact) mass is 527 g/mol. The van der Waals surface area contributed by atoms with Crippen LogP contribution in [0.2, 0.25) is 0 Å². The van der Waals surface area contributed by atoms with Gasteiger partial charge in [0.15, 0.2) is 0 Å². The summed E-state index contributed by atoms with van der Waals surface area (Å²) in [5, 5.41) is 34.2. The molecule has 0 bridgehead atoms. The number of carbonyl (C=O) groups excluding carboxylic acids is 4. The zero-order chi connectivity index (χ0) is 27.4. The Labute approximate surface area is 211 Å². The van der Waals surface area contributed by atoms with Crippen LogP contribution in [0.15, 0.2) is 24.3 Å². The number of nitrogens with one attached hydrogen (secondary N) is 3. The van der Waals surface area contributed by atoms with Gasteiger partial charge in [-0.15, -0.1) is 0 Å². The molecule has 0 aromatic heterocycles. The minimum Gasteiger partial charge on any atom is -0.508 e. The van der Waals surface area contributed by atoms with Crippen molar-refractivity contribution in [2.24, 2.45) is 11.5 Å². The van der Waals surface area contributed by atoms with Crippen LogP contribution in [0.3, 0.4) is 0 Å². The first-order chi connectivity index (χ1) is 16.8. The summed E-state index contributed by atoms with van der Waals surface area (Å²) < 4.78 is 0. The maximum absolute atomic E-state index is 12.9. The molecule has 1 rings (SSSR count). The summed E-state index contributed by atoms with van der Waals surface area (Å²) in [7, 11) is 0. The number of carboxylic acids is 2. The number of carbonyl (C=O) groups is 6. The standard InChI is InChI=1S/C21H29N5O9S/c22-12(5-6-17(29)30)18(31)24-14(8-16(23)28)20(33)25-13(7-10-1-3-11(27)4-2-10)19(32)26-15(9-36)21(34)35/h1-4,12-15,27,36H,5-9,22H2,(H2,23,28)(H,24,31)(H,25,33)(H,26,32)(H,29,30)(H,34,35)/t12-,13-,14-,15-/m0/s1. The molecule has 10 N–H and O–H groups in total. The molecule has 0 fully saturated rings. The first-order valence-corrected chi connectivity index (χ1v) is 11.3. The lowest BCUT2D eigenvalue weighted by Crippen LogP contribution is -2.58. The number of thiol groups is 1. The van der Waals surface area contributed by atoms with Gasteiger partial charge in [0.1, 0.15) is 23.9 Å². The number of phenols is 1. The van der Waals surface area contributed by atoms with Gasteiger partial charge in [0, 0.05) is 18.6 Å². The number of amides is 4. The number of primary amides is 1. The van der Waals surface area contributed by atoms with E-state index in [2.05, 4.69) is 28.6 Å². The van der Waals surface area contributed by atoms with Crippen molar-refractivity contribution in [2.75, 3.05) is 5.75 Å². The molecule has 0 aliphatic heterocycles. The first-order valence-electron chi connectivity index (χ1n) is 10.6. The zero-order valence-corrected chi connectivity index (χ0v) is 19.9. The lowest BCUT2D eigenvalue weighted by molar-refractivity contribution is -0.142. The van der Waals surface area contributed by atoms with Gasteiger partial charge in [0.25, 0.3) is 0 Å². The topological polar surface area (TPSA) is 251 Å². The smallest absolute Gasteiger partial charge is 0.327 e. The second-order valence-electron chi connectivity index (χ2n) is 7.78. The highest BCUT2D eigenvalue weighted by molar-refractivity contribution is 7.80. The van der Waals surface area contributed by atoms with Crippen molar-refractivity contribution < 1.29 is 44.1 Å². The van der Waals surface area contributed by atoms with E-state index >= 15 is 0 Å². The molecular weight excluding hydrogens is 498 g/mol. The molecule has 1 aromatic rings. The molecule has 198 valence electrons. The van der Waals surface area contributed by atoms with E-state index < -0.39 is 72.6 Å². The third kappa shape index (κ3) is 10.6. The van der Waals surface area contributed by atoms with Gasteiger partial charge in [-0.2, -0.15) is 12.6 Å². The van der Waals surface area contributed by atoms with Crippen molar-refractivity contribution in [1.82, 2.24) is 16.0 Å². The van der Waals surface area contributed by atoms with Crippen LogP contribution in [-0.2, 0) is 35.2 Å². The van der Waals surface area contributed by atoms with Gasteiger partial charge in [-0.3, -0.25) is 24.0 Å². The molecule has 4 amide bonds. The Morgan fingerprint density at radius 2 is 1.39 bits per heavy atom. The number of carboxylic acid groups (broad SMARTS) is 2. The van der Waals surface area contributed by atoms with Crippen LogP contribution in [0.5, 0.6) is 5.75 Å². The quantitative estimate of drug-likeness (QED) is 0.108. The highest BCUT2D eigenvalue weighted by atomic mass is 32.1. The predicted molar refractivity (Wildman–Crippen MR) is 128 cm³/mol. The van der Waals surface area contributed by atoms with Crippen LogP contribution < -0.4 is 27.4 Å². The van der Waals surface area contributed by atoms with Crippen molar-refractivity contribution >= 4 is 48.2 Å². The van der Waals surface area contributed by atoms with E-state index in [4.69, 9.17) is 16.6 Å². The SMILES string of the molecule is NC(=O)C[C@H](NC(=O)[C@@H](N)CCC(=O)O)C(=O)N[C@@H](Cc1ccc(O)cc1)C(=O)N[C@@H](CS)C(=O)O. The van der Waals surface area contributed by atoms with E-state index in [0.29, 0.717) is 5.56 Å². The number of nitrogens with two attached hydrogens (primary N) is 2. The summed E-state index contributed by atoms with van der Waals surface area (Å²) in [5.41, 5.74) is 11.3. The van der Waals surface area contributed by atoms with Crippen molar-refractivity contribution in [1.29, 1.82) is 0 Å². The Hall–Kier alpha value is -3.85. The molecule has 0 aliphatic rings. The zero-order valence-electron chi connectivity index (χ0n) is 19.0. The highest BCUT2D eigenvalue weighted by Gasteiger charge is 2.31. The first kappa shape index (κ1) is 30.2. The maximum atomic E-state index is 12.9. The van der Waals surface area contributed by atoms with Gasteiger partial charge in [-0.05, 0) is 24.1 Å². The second kappa shape index (κ2) is 14.5. The summed E-state index contributed by atoms with van der Waals surface area (Å²) in [4.78, 5) is 71.5. The minimum absolute atomic E-state index is 0.0479. The molecule has 0 saturated carbocycles. The molecule has 4 atom stereocenters. The van der Waals surface area contributed by atoms with Crippen molar-refractivity contribution in [3.8, 4) is 5.75 Å². The fourth-order valence-corrected chi connectivity index (χ4v) is 3.15. The number of hydrogen-bond acceptors (Lipinski definition) is 9. The van der Waals surface area contributed by atoms with Crippen molar-refractivity contribution in [3.05, 3.63) is 29.8 Å². The lowest BCUT2D eigenvalue weighted by atomic mass is 10.0. The predicted octanol–water partition coefficient (Wildman–Crippen LogP) is -2.53. The van der Waals surface area contributed by atoms with Crippen LogP contribution in [0.25, 0.3) is 0 Å². The Morgan fingerprint density at radius 1 is 0.861 bits per heavy atom. The van der Waals surface area contributed by atoms with E-state index in [-0.39, 0.29) is 24.3 Å². The third-order valence-electron chi connectivity index (χ3n) is 4.85. The molecule has 14 nitrogen and oxygen atoms in total. The summed E-state index contributed by atoms with van der Waals surface area (Å²) in [6.07, 6.45) is -1.46. The summed E-state index contributed by atoms with van der Waals surface area (Å²) in [5.74, 6) is -6.60. The van der Waals surface area contributed by atoms with Gasteiger partial charge in [0.05, 0.1) is 12.5 Å². The Balaban J connectivity index is 3.10. The second-order valence-corrected chi connectivity index (χ2v) is 8.15. The van der Waals surface area contributed by atoms with Crippen molar-refractivity contribution in [3.63, 3.8) is 0 Å². The Morgan fingerprint density at radius 3 is 1.89 bits per heavy atom. The number of aromatic hydroxyl groups is 1. The molecule has 15 heteroatoms. The van der Waals surface area contributed by atoms with E-state index in [9.17, 15) is 39.0 Å². The molecule has 0 spiro atoms. The maximum Gasteiger partial charge on any atom is 0.327 e. The Kier molecular flexibility index (Phi) is 12.2. The van der Waals surface area contributed by atoms with Crippen LogP contribution in [0.4, 0.5) is 0 Å². The van der Waals surface area contributed by atoms with Gasteiger partial charge in [0.2, 0.25) is 23.6 Å². The summed E-state index contributed by atoms with van der Waals surface area (Å²) in [6.45, 7) is 0. The molecular formula is C21H29N5O9S. The molecule has 36 heavy (non-hydrogen) atoms. The number of rotatable bonds is 15. The minimum atomic E-state index is -1.55. The van der Waals surface area contributed by atoms with Gasteiger partial charge < -0.3 is 42.7 Å². The van der Waals surface area contributed by atoms with Crippen LogP contribution >= 0.6 is 12.6 Å².